The van der Waals surface area contributed by atoms with Gasteiger partial charge in [-0.15, -0.1) is 0 Å². The Kier molecular flexibility index (Phi) is 5.56. The van der Waals surface area contributed by atoms with Gasteiger partial charge in [0.25, 0.3) is 5.91 Å². The predicted molar refractivity (Wildman–Crippen MR) is 85.6 cm³/mol. The number of aromatic nitrogens is 1. The van der Waals surface area contributed by atoms with Crippen LogP contribution in [0.25, 0.3) is 0 Å². The Morgan fingerprint density at radius 2 is 2.05 bits per heavy atom. The minimum absolute atomic E-state index is 0.0403. The van der Waals surface area contributed by atoms with Gasteiger partial charge in [-0.1, -0.05) is 6.92 Å². The number of nitrogens with zero attached hydrogens (tertiary/aromatic N) is 3. The predicted octanol–water partition coefficient (Wildman–Crippen LogP) is 2.07. The van der Waals surface area contributed by atoms with Crippen LogP contribution in [-0.2, 0) is 0 Å². The zero-order chi connectivity index (χ0) is 15.2. The molecular formula is C16H26N4O. The number of pyridine rings is 1. The number of piperazine rings is 1. The first kappa shape index (κ1) is 15.8. The summed E-state index contributed by atoms with van der Waals surface area (Å²) < 4.78 is 0. The molecule has 2 rings (SSSR count). The highest BCUT2D eigenvalue weighted by molar-refractivity contribution is 5.93. The molecule has 21 heavy (non-hydrogen) atoms. The normalized spacial score (nSPS) is 16.3. The van der Waals surface area contributed by atoms with Crippen molar-refractivity contribution in [3.63, 3.8) is 0 Å². The Morgan fingerprint density at radius 3 is 2.67 bits per heavy atom. The maximum atomic E-state index is 12.5. The molecule has 0 radical (unpaired) electrons. The van der Waals surface area contributed by atoms with Gasteiger partial charge < -0.3 is 10.2 Å². The van der Waals surface area contributed by atoms with Crippen LogP contribution in [0.1, 0.15) is 37.7 Å². The zero-order valence-electron chi connectivity index (χ0n) is 13.3. The summed E-state index contributed by atoms with van der Waals surface area (Å²) in [5.74, 6) is 0.0403. The van der Waals surface area contributed by atoms with Gasteiger partial charge in [0.15, 0.2) is 0 Å². The third kappa shape index (κ3) is 4.17. The third-order valence-corrected chi connectivity index (χ3v) is 3.89. The number of hydrogen-bond donors (Lipinski definition) is 1. The molecule has 1 aromatic rings. The van der Waals surface area contributed by atoms with E-state index in [9.17, 15) is 4.79 Å². The number of carbonyl (C=O) groups is 1. The Hall–Kier alpha value is -1.62. The summed E-state index contributed by atoms with van der Waals surface area (Å²) in [6, 6.07) is 4.30. The molecule has 1 aliphatic rings. The fourth-order valence-corrected chi connectivity index (χ4v) is 2.53. The molecule has 1 fully saturated rings. The summed E-state index contributed by atoms with van der Waals surface area (Å²) in [5.41, 5.74) is 1.50. The van der Waals surface area contributed by atoms with E-state index in [4.69, 9.17) is 0 Å². The maximum Gasteiger partial charge on any atom is 0.272 e. The van der Waals surface area contributed by atoms with E-state index in [0.717, 1.165) is 44.8 Å². The molecule has 5 heteroatoms. The van der Waals surface area contributed by atoms with Crippen molar-refractivity contribution in [1.29, 1.82) is 0 Å². The number of rotatable bonds is 5. The molecule has 1 aromatic heterocycles. The molecule has 2 heterocycles. The van der Waals surface area contributed by atoms with Crippen molar-refractivity contribution in [2.24, 2.45) is 0 Å². The molecule has 0 saturated carbocycles. The van der Waals surface area contributed by atoms with Crippen LogP contribution in [0.15, 0.2) is 18.3 Å². The van der Waals surface area contributed by atoms with E-state index >= 15 is 0 Å². The first-order valence-corrected chi connectivity index (χ1v) is 7.85. The van der Waals surface area contributed by atoms with Gasteiger partial charge in [0.2, 0.25) is 0 Å². The quantitative estimate of drug-likeness (QED) is 0.902. The molecule has 0 spiro atoms. The summed E-state index contributed by atoms with van der Waals surface area (Å²) in [6.45, 7) is 10.9. The molecule has 0 bridgehead atoms. The molecule has 1 N–H and O–H groups in total. The average molecular weight is 290 g/mol. The van der Waals surface area contributed by atoms with Crippen molar-refractivity contribution >= 4 is 11.6 Å². The minimum Gasteiger partial charge on any atom is -0.385 e. The lowest BCUT2D eigenvalue weighted by molar-refractivity contribution is 0.0590. The summed E-state index contributed by atoms with van der Waals surface area (Å²) in [6.07, 6.45) is 2.76. The summed E-state index contributed by atoms with van der Waals surface area (Å²) in [4.78, 5) is 21.1. The van der Waals surface area contributed by atoms with Crippen LogP contribution in [0, 0.1) is 0 Å². The second-order valence-corrected chi connectivity index (χ2v) is 5.78. The molecular weight excluding hydrogens is 264 g/mol. The molecule has 1 aliphatic heterocycles. The SMILES string of the molecule is CCCNc1ccnc(C(=O)N2CCN(C(C)C)CC2)c1. The number of carbonyl (C=O) groups excluding carboxylic acids is 1. The Morgan fingerprint density at radius 1 is 1.33 bits per heavy atom. The van der Waals surface area contributed by atoms with Gasteiger partial charge in [-0.3, -0.25) is 14.7 Å². The third-order valence-electron chi connectivity index (χ3n) is 3.89. The summed E-state index contributed by atoms with van der Waals surface area (Å²) in [5, 5.41) is 3.30. The van der Waals surface area contributed by atoms with Crippen molar-refractivity contribution in [3.8, 4) is 0 Å². The van der Waals surface area contributed by atoms with E-state index in [1.54, 1.807) is 6.20 Å². The van der Waals surface area contributed by atoms with Gasteiger partial charge in [-0.05, 0) is 32.4 Å². The lowest BCUT2D eigenvalue weighted by atomic mass is 10.2. The van der Waals surface area contributed by atoms with E-state index in [2.05, 4.69) is 36.0 Å². The van der Waals surface area contributed by atoms with Gasteiger partial charge in [0, 0.05) is 50.6 Å². The molecule has 0 aromatic carbocycles. The van der Waals surface area contributed by atoms with E-state index < -0.39 is 0 Å². The first-order valence-electron chi connectivity index (χ1n) is 7.85. The number of nitrogens with one attached hydrogen (secondary N) is 1. The molecule has 1 saturated heterocycles. The molecule has 1 amide bonds. The first-order chi connectivity index (χ1) is 10.1. The van der Waals surface area contributed by atoms with Gasteiger partial charge >= 0.3 is 0 Å². The van der Waals surface area contributed by atoms with E-state index in [1.807, 2.05) is 17.0 Å². The van der Waals surface area contributed by atoms with Crippen molar-refractivity contribution in [2.75, 3.05) is 38.0 Å². The molecule has 0 unspecified atom stereocenters. The van der Waals surface area contributed by atoms with Crippen LogP contribution < -0.4 is 5.32 Å². The van der Waals surface area contributed by atoms with E-state index in [1.165, 1.54) is 0 Å². The monoisotopic (exact) mass is 290 g/mol. The lowest BCUT2D eigenvalue weighted by Gasteiger charge is -2.36. The van der Waals surface area contributed by atoms with Crippen LogP contribution in [0.4, 0.5) is 5.69 Å². The van der Waals surface area contributed by atoms with Crippen LogP contribution in [0.2, 0.25) is 0 Å². The Bertz CT molecular complexity index is 467. The van der Waals surface area contributed by atoms with Crippen LogP contribution in [0.3, 0.4) is 0 Å². The van der Waals surface area contributed by atoms with Gasteiger partial charge in [0.1, 0.15) is 5.69 Å². The van der Waals surface area contributed by atoms with Crippen molar-refractivity contribution in [2.45, 2.75) is 33.2 Å². The summed E-state index contributed by atoms with van der Waals surface area (Å²) in [7, 11) is 0. The second-order valence-electron chi connectivity index (χ2n) is 5.78. The van der Waals surface area contributed by atoms with Gasteiger partial charge in [0.05, 0.1) is 0 Å². The smallest absolute Gasteiger partial charge is 0.272 e. The lowest BCUT2D eigenvalue weighted by Crippen LogP contribution is -2.50. The van der Waals surface area contributed by atoms with Crippen LogP contribution in [0.5, 0.6) is 0 Å². The second kappa shape index (κ2) is 7.41. The Labute approximate surface area is 127 Å². The van der Waals surface area contributed by atoms with E-state index in [0.29, 0.717) is 11.7 Å². The minimum atomic E-state index is 0.0403. The molecule has 0 atom stereocenters. The number of amides is 1. The van der Waals surface area contributed by atoms with Crippen molar-refractivity contribution < 1.29 is 4.79 Å². The topological polar surface area (TPSA) is 48.5 Å². The maximum absolute atomic E-state index is 12.5. The van der Waals surface area contributed by atoms with Crippen molar-refractivity contribution in [3.05, 3.63) is 24.0 Å². The van der Waals surface area contributed by atoms with Crippen molar-refractivity contribution in [1.82, 2.24) is 14.8 Å². The molecule has 116 valence electrons. The fourth-order valence-electron chi connectivity index (χ4n) is 2.53. The molecule has 5 nitrogen and oxygen atoms in total. The largest absolute Gasteiger partial charge is 0.385 e. The summed E-state index contributed by atoms with van der Waals surface area (Å²) >= 11 is 0. The zero-order valence-corrected chi connectivity index (χ0v) is 13.3. The fraction of sp³-hybridized carbons (Fsp3) is 0.625. The highest BCUT2D eigenvalue weighted by Gasteiger charge is 2.24. The Balaban J connectivity index is 1.97. The van der Waals surface area contributed by atoms with Gasteiger partial charge in [-0.2, -0.15) is 0 Å². The number of hydrogen-bond acceptors (Lipinski definition) is 4. The standard InChI is InChI=1S/C16H26N4O/c1-4-6-17-14-5-7-18-15(12-14)16(21)20-10-8-19(9-11-20)13(2)3/h5,7,12-13H,4,6,8-11H2,1-3H3,(H,17,18). The number of anilines is 1. The van der Waals surface area contributed by atoms with Crippen LogP contribution in [-0.4, -0.2) is 59.5 Å². The van der Waals surface area contributed by atoms with Crippen LogP contribution >= 0.6 is 0 Å². The van der Waals surface area contributed by atoms with Gasteiger partial charge in [-0.25, -0.2) is 0 Å². The average Bonchev–Trinajstić information content (AvgIpc) is 2.52. The highest BCUT2D eigenvalue weighted by Crippen LogP contribution is 2.13. The van der Waals surface area contributed by atoms with E-state index in [-0.39, 0.29) is 5.91 Å². The highest BCUT2D eigenvalue weighted by atomic mass is 16.2. The molecule has 0 aliphatic carbocycles.